The minimum atomic E-state index is 0.332. The molecular weight excluding hydrogens is 316 g/mol. The van der Waals surface area contributed by atoms with Crippen molar-refractivity contribution in [2.24, 2.45) is 4.99 Å². The molecule has 7 heteroatoms. The number of ether oxygens (including phenoxy) is 2. The number of aliphatic imine (C=N–C) groups is 1. The fraction of sp³-hybridized carbons (Fsp3) is 0.625. The summed E-state index contributed by atoms with van der Waals surface area (Å²) in [7, 11) is 0. The third kappa shape index (κ3) is 4.48. The summed E-state index contributed by atoms with van der Waals surface area (Å²) < 4.78 is 11.4. The van der Waals surface area contributed by atoms with Gasteiger partial charge < -0.3 is 20.1 Å². The summed E-state index contributed by atoms with van der Waals surface area (Å²) >= 11 is 5.79. The molecule has 0 amide bonds. The Morgan fingerprint density at radius 2 is 2.39 bits per heavy atom. The Bertz CT molecular complexity index is 537. The van der Waals surface area contributed by atoms with Gasteiger partial charge in [-0.2, -0.15) is 0 Å². The summed E-state index contributed by atoms with van der Waals surface area (Å²) in [6.45, 7) is 3.91. The van der Waals surface area contributed by atoms with E-state index in [1.54, 1.807) is 18.3 Å². The van der Waals surface area contributed by atoms with E-state index in [0.717, 1.165) is 25.3 Å². The number of fused-ring (bicyclic) bond motifs is 2. The minimum Gasteiger partial charge on any atom is -0.476 e. The van der Waals surface area contributed by atoms with E-state index in [1.807, 2.05) is 0 Å². The van der Waals surface area contributed by atoms with Gasteiger partial charge in [-0.15, -0.1) is 0 Å². The van der Waals surface area contributed by atoms with E-state index in [-0.39, 0.29) is 0 Å². The van der Waals surface area contributed by atoms with Gasteiger partial charge in [0.05, 0.1) is 29.8 Å². The zero-order chi connectivity index (χ0) is 16.1. The predicted molar refractivity (Wildman–Crippen MR) is 90.2 cm³/mol. The third-order valence-corrected chi connectivity index (χ3v) is 4.31. The number of rotatable bonds is 6. The maximum absolute atomic E-state index is 5.87. The molecule has 2 bridgehead atoms. The van der Waals surface area contributed by atoms with Gasteiger partial charge in [0.15, 0.2) is 5.96 Å². The number of hydrogen-bond donors (Lipinski definition) is 2. The average molecular weight is 339 g/mol. The molecule has 3 heterocycles. The van der Waals surface area contributed by atoms with Crippen LogP contribution in [-0.2, 0) is 4.74 Å². The van der Waals surface area contributed by atoms with Crippen LogP contribution in [0, 0.1) is 0 Å². The molecule has 23 heavy (non-hydrogen) atoms. The first-order valence-corrected chi connectivity index (χ1v) is 8.57. The summed E-state index contributed by atoms with van der Waals surface area (Å²) in [5.74, 6) is 1.38. The van der Waals surface area contributed by atoms with E-state index >= 15 is 0 Å². The zero-order valence-corrected chi connectivity index (χ0v) is 14.1. The van der Waals surface area contributed by atoms with Gasteiger partial charge in [0.25, 0.3) is 0 Å². The molecular formula is C16H23ClN4O2. The van der Waals surface area contributed by atoms with Crippen molar-refractivity contribution in [2.45, 2.75) is 44.4 Å². The van der Waals surface area contributed by atoms with Gasteiger partial charge in [-0.05, 0) is 32.3 Å². The highest BCUT2D eigenvalue weighted by Crippen LogP contribution is 2.34. The second kappa shape index (κ2) is 7.84. The summed E-state index contributed by atoms with van der Waals surface area (Å²) in [4.78, 5) is 8.64. The van der Waals surface area contributed by atoms with Crippen molar-refractivity contribution in [3.05, 3.63) is 23.4 Å². The average Bonchev–Trinajstić information content (AvgIpc) is 3.16. The number of guanidine groups is 1. The summed E-state index contributed by atoms with van der Waals surface area (Å²) in [6.07, 6.45) is 5.74. The predicted octanol–water partition coefficient (Wildman–Crippen LogP) is 1.99. The van der Waals surface area contributed by atoms with Crippen molar-refractivity contribution in [1.29, 1.82) is 0 Å². The highest BCUT2D eigenvalue weighted by molar-refractivity contribution is 6.30. The van der Waals surface area contributed by atoms with Crippen LogP contribution in [0.4, 0.5) is 0 Å². The van der Waals surface area contributed by atoms with Crippen LogP contribution in [0.25, 0.3) is 0 Å². The minimum absolute atomic E-state index is 0.332. The molecule has 0 saturated carbocycles. The van der Waals surface area contributed by atoms with Crippen molar-refractivity contribution in [1.82, 2.24) is 15.6 Å². The van der Waals surface area contributed by atoms with Crippen LogP contribution < -0.4 is 15.4 Å². The van der Waals surface area contributed by atoms with Crippen molar-refractivity contribution in [3.63, 3.8) is 0 Å². The molecule has 3 unspecified atom stereocenters. The fourth-order valence-corrected chi connectivity index (χ4v) is 3.15. The third-order valence-electron chi connectivity index (χ3n) is 4.08. The molecule has 2 fully saturated rings. The molecule has 6 nitrogen and oxygen atoms in total. The molecule has 0 aliphatic carbocycles. The van der Waals surface area contributed by atoms with Crippen LogP contribution in [0.15, 0.2) is 23.3 Å². The summed E-state index contributed by atoms with van der Waals surface area (Å²) in [5, 5.41) is 7.35. The van der Waals surface area contributed by atoms with Crippen LogP contribution >= 0.6 is 11.6 Å². The highest BCUT2D eigenvalue weighted by Gasteiger charge is 2.41. The number of nitrogens with zero attached hydrogens (tertiary/aromatic N) is 2. The van der Waals surface area contributed by atoms with Gasteiger partial charge >= 0.3 is 0 Å². The van der Waals surface area contributed by atoms with Crippen LogP contribution in [0.5, 0.6) is 5.88 Å². The number of nitrogens with one attached hydrogen (secondary N) is 2. The highest BCUT2D eigenvalue weighted by atomic mass is 35.5. The second-order valence-electron chi connectivity index (χ2n) is 5.78. The van der Waals surface area contributed by atoms with E-state index in [4.69, 9.17) is 21.1 Å². The normalized spacial score (nSPS) is 26.3. The van der Waals surface area contributed by atoms with E-state index in [1.165, 1.54) is 6.42 Å². The molecule has 2 saturated heterocycles. The van der Waals surface area contributed by atoms with Gasteiger partial charge in [-0.1, -0.05) is 11.6 Å². The molecule has 2 N–H and O–H groups in total. The standard InChI is InChI=1S/C16H23ClN4O2/c1-2-18-16(21-13-9-12-4-5-14(13)23-12)19-7-8-22-15-6-3-11(17)10-20-15/h3,6,10,12-14H,2,4-5,7-9H2,1H3,(H2,18,19,21). The topological polar surface area (TPSA) is 67.8 Å². The lowest BCUT2D eigenvalue weighted by Crippen LogP contribution is -2.47. The smallest absolute Gasteiger partial charge is 0.213 e. The summed E-state index contributed by atoms with van der Waals surface area (Å²) in [5.41, 5.74) is 0. The monoisotopic (exact) mass is 338 g/mol. The maximum atomic E-state index is 5.87. The fourth-order valence-electron chi connectivity index (χ4n) is 3.04. The zero-order valence-electron chi connectivity index (χ0n) is 13.3. The molecule has 1 aromatic rings. The number of halogens is 1. The molecule has 1 aromatic heterocycles. The van der Waals surface area contributed by atoms with Gasteiger partial charge in [0.2, 0.25) is 5.88 Å². The molecule has 0 spiro atoms. The van der Waals surface area contributed by atoms with Crippen LogP contribution in [0.2, 0.25) is 5.02 Å². The summed E-state index contributed by atoms with van der Waals surface area (Å²) in [6, 6.07) is 3.88. The lowest BCUT2D eigenvalue weighted by Gasteiger charge is -2.22. The van der Waals surface area contributed by atoms with Crippen molar-refractivity contribution in [3.8, 4) is 5.88 Å². The van der Waals surface area contributed by atoms with Gasteiger partial charge in [0, 0.05) is 18.8 Å². The molecule has 3 rings (SSSR count). The Balaban J connectivity index is 1.45. The van der Waals surface area contributed by atoms with Crippen LogP contribution in [0.3, 0.4) is 0 Å². The van der Waals surface area contributed by atoms with Crippen molar-refractivity contribution in [2.75, 3.05) is 19.7 Å². The Labute approximate surface area is 141 Å². The van der Waals surface area contributed by atoms with Gasteiger partial charge in [-0.25, -0.2) is 9.98 Å². The van der Waals surface area contributed by atoms with E-state index in [9.17, 15) is 0 Å². The van der Waals surface area contributed by atoms with Crippen molar-refractivity contribution >= 4 is 17.6 Å². The van der Waals surface area contributed by atoms with E-state index in [2.05, 4.69) is 27.5 Å². The lowest BCUT2D eigenvalue weighted by atomic mass is 9.96. The molecule has 3 atom stereocenters. The number of hydrogen-bond acceptors (Lipinski definition) is 4. The van der Waals surface area contributed by atoms with Crippen LogP contribution in [-0.4, -0.2) is 48.9 Å². The molecule has 2 aliphatic rings. The SMILES string of the molecule is CCNC(=NCCOc1ccc(Cl)cn1)NC1CC2CCC1O2. The van der Waals surface area contributed by atoms with E-state index in [0.29, 0.717) is 42.3 Å². The molecule has 0 radical (unpaired) electrons. The Kier molecular flexibility index (Phi) is 5.56. The Morgan fingerprint density at radius 3 is 3.04 bits per heavy atom. The Hall–Kier alpha value is -1.53. The lowest BCUT2D eigenvalue weighted by molar-refractivity contribution is 0.0992. The van der Waals surface area contributed by atoms with Crippen LogP contribution in [0.1, 0.15) is 26.2 Å². The molecule has 0 aromatic carbocycles. The maximum Gasteiger partial charge on any atom is 0.213 e. The van der Waals surface area contributed by atoms with E-state index < -0.39 is 0 Å². The largest absolute Gasteiger partial charge is 0.476 e. The first-order chi connectivity index (χ1) is 11.2. The van der Waals surface area contributed by atoms with Gasteiger partial charge in [-0.3, -0.25) is 0 Å². The first kappa shape index (κ1) is 16.3. The number of pyridine rings is 1. The second-order valence-corrected chi connectivity index (χ2v) is 6.22. The molecule has 126 valence electrons. The first-order valence-electron chi connectivity index (χ1n) is 8.19. The van der Waals surface area contributed by atoms with Crippen molar-refractivity contribution < 1.29 is 9.47 Å². The Morgan fingerprint density at radius 1 is 1.48 bits per heavy atom. The number of aromatic nitrogens is 1. The molecule has 2 aliphatic heterocycles. The van der Waals surface area contributed by atoms with Gasteiger partial charge in [0.1, 0.15) is 6.61 Å². The quantitative estimate of drug-likeness (QED) is 0.471.